The summed E-state index contributed by atoms with van der Waals surface area (Å²) in [6.45, 7) is 4.45. The van der Waals surface area contributed by atoms with Gasteiger partial charge in [0.2, 0.25) is 0 Å². The van der Waals surface area contributed by atoms with Crippen molar-refractivity contribution in [2.75, 3.05) is 19.6 Å². The van der Waals surface area contributed by atoms with Crippen molar-refractivity contribution in [3.8, 4) is 0 Å². The molecule has 1 heterocycles. The molecule has 0 aromatic heterocycles. The Hall–Kier alpha value is -3.13. The van der Waals surface area contributed by atoms with E-state index in [0.29, 0.717) is 6.54 Å². The molecule has 1 fully saturated rings. The van der Waals surface area contributed by atoms with Crippen molar-refractivity contribution in [2.45, 2.75) is 25.8 Å². The topological polar surface area (TPSA) is 92.6 Å². The van der Waals surface area contributed by atoms with Gasteiger partial charge in [-0.15, -0.1) is 0 Å². The van der Waals surface area contributed by atoms with Gasteiger partial charge in [0, 0.05) is 29.8 Å². The lowest BCUT2D eigenvalue weighted by Crippen LogP contribution is -2.40. The second-order valence-corrected chi connectivity index (χ2v) is 6.96. The summed E-state index contributed by atoms with van der Waals surface area (Å²) < 4.78 is 13.1. The molecule has 0 aliphatic carbocycles. The molecule has 1 saturated heterocycles. The molecule has 152 valence electrons. The van der Waals surface area contributed by atoms with Crippen LogP contribution in [0, 0.1) is 15.9 Å². The number of hydrogen-bond donors (Lipinski definition) is 1. The number of nitrogens with zero attached hydrogens (tertiary/aromatic N) is 2. The second kappa shape index (κ2) is 8.91. The quantitative estimate of drug-likeness (QED) is 0.439. The van der Waals surface area contributed by atoms with Gasteiger partial charge in [0.05, 0.1) is 4.92 Å². The number of benzene rings is 2. The number of rotatable bonds is 7. The van der Waals surface area contributed by atoms with Crippen LogP contribution < -0.4 is 5.32 Å². The van der Waals surface area contributed by atoms with E-state index in [4.69, 9.17) is 0 Å². The number of likely N-dealkylation sites (N-methyl/N-ethyl adjacent to an activating group) is 1. The van der Waals surface area contributed by atoms with Gasteiger partial charge >= 0.3 is 0 Å². The number of carbonyl (C=O) groups is 2. The summed E-state index contributed by atoms with van der Waals surface area (Å²) in [5.41, 5.74) is -0.352. The van der Waals surface area contributed by atoms with Crippen LogP contribution in [0.3, 0.4) is 0 Å². The van der Waals surface area contributed by atoms with Gasteiger partial charge < -0.3 is 5.32 Å². The van der Waals surface area contributed by atoms with Crippen molar-refractivity contribution in [1.29, 1.82) is 0 Å². The fraction of sp³-hybridized carbons (Fsp3) is 0.333. The summed E-state index contributed by atoms with van der Waals surface area (Å²) in [6, 6.07) is 8.80. The van der Waals surface area contributed by atoms with E-state index in [1.165, 1.54) is 24.3 Å². The molecule has 3 rings (SSSR count). The van der Waals surface area contributed by atoms with E-state index < -0.39 is 28.1 Å². The summed E-state index contributed by atoms with van der Waals surface area (Å²) in [4.78, 5) is 38.2. The highest BCUT2D eigenvalue weighted by Gasteiger charge is 2.25. The van der Waals surface area contributed by atoms with Crippen molar-refractivity contribution in [2.24, 2.45) is 0 Å². The number of ketones is 1. The molecule has 7 nitrogen and oxygen atoms in total. The number of likely N-dealkylation sites (tertiary alicyclic amines) is 1. The average molecular weight is 399 g/mol. The third kappa shape index (κ3) is 4.65. The molecule has 2 aromatic rings. The molecule has 2 aromatic carbocycles. The second-order valence-electron chi connectivity index (χ2n) is 6.96. The Labute approximate surface area is 167 Å². The molecule has 1 amide bonds. The van der Waals surface area contributed by atoms with Gasteiger partial charge in [0.1, 0.15) is 11.4 Å². The van der Waals surface area contributed by atoms with Gasteiger partial charge in [-0.2, -0.15) is 0 Å². The fourth-order valence-electron chi connectivity index (χ4n) is 3.63. The van der Waals surface area contributed by atoms with E-state index in [0.717, 1.165) is 44.1 Å². The lowest BCUT2D eigenvalue weighted by molar-refractivity contribution is -0.385. The minimum absolute atomic E-state index is 0.119. The van der Waals surface area contributed by atoms with Crippen LogP contribution in [0.25, 0.3) is 0 Å². The maximum Gasteiger partial charge on any atom is 0.281 e. The van der Waals surface area contributed by atoms with Crippen molar-refractivity contribution < 1.29 is 18.9 Å². The van der Waals surface area contributed by atoms with E-state index in [-0.39, 0.29) is 22.7 Å². The maximum absolute atomic E-state index is 13.1. The molecular formula is C21H22FN3O4. The van der Waals surface area contributed by atoms with Crippen LogP contribution in [0.15, 0.2) is 42.5 Å². The molecule has 1 N–H and O–H groups in total. The number of nitro benzene ring substituents is 1. The van der Waals surface area contributed by atoms with E-state index in [9.17, 15) is 24.1 Å². The van der Waals surface area contributed by atoms with Crippen LogP contribution in [0.5, 0.6) is 0 Å². The highest BCUT2D eigenvalue weighted by Crippen LogP contribution is 2.24. The van der Waals surface area contributed by atoms with Crippen molar-refractivity contribution >= 4 is 17.4 Å². The number of halogens is 1. The average Bonchev–Trinajstić information content (AvgIpc) is 3.19. The zero-order valence-corrected chi connectivity index (χ0v) is 16.1. The van der Waals surface area contributed by atoms with E-state index >= 15 is 0 Å². The number of carbonyl (C=O) groups excluding carboxylic acids is 2. The van der Waals surface area contributed by atoms with Gasteiger partial charge in [-0.05, 0) is 62.3 Å². The van der Waals surface area contributed by atoms with Crippen LogP contribution in [0.2, 0.25) is 0 Å². The molecule has 29 heavy (non-hydrogen) atoms. The first kappa shape index (κ1) is 20.6. The van der Waals surface area contributed by atoms with Gasteiger partial charge in [-0.25, -0.2) is 4.39 Å². The van der Waals surface area contributed by atoms with Crippen LogP contribution in [0.1, 0.15) is 46.0 Å². The SMILES string of the molecule is CCN1CCCC1CNC(=O)c1ccc(C(=O)c2ccc(F)cc2)c([N+](=O)[O-])c1. The summed E-state index contributed by atoms with van der Waals surface area (Å²) in [7, 11) is 0. The standard InChI is InChI=1S/C21H22FN3O4/c1-2-24-11-3-4-17(24)13-23-21(27)15-7-10-18(19(12-15)25(28)29)20(26)14-5-8-16(22)9-6-14/h5-10,12,17H,2-4,11,13H2,1H3,(H,23,27). The van der Waals surface area contributed by atoms with Crippen LogP contribution >= 0.6 is 0 Å². The Morgan fingerprint density at radius 2 is 1.90 bits per heavy atom. The Balaban J connectivity index is 1.78. The van der Waals surface area contributed by atoms with Crippen LogP contribution in [-0.4, -0.2) is 47.2 Å². The zero-order valence-electron chi connectivity index (χ0n) is 16.1. The molecule has 0 radical (unpaired) electrons. The molecule has 1 atom stereocenters. The fourth-order valence-corrected chi connectivity index (χ4v) is 3.63. The molecule has 0 bridgehead atoms. The van der Waals surface area contributed by atoms with Crippen LogP contribution in [-0.2, 0) is 0 Å². The first-order chi connectivity index (χ1) is 13.9. The molecule has 0 spiro atoms. The monoisotopic (exact) mass is 399 g/mol. The minimum atomic E-state index is -0.691. The van der Waals surface area contributed by atoms with Crippen molar-refractivity contribution in [1.82, 2.24) is 10.2 Å². The normalized spacial score (nSPS) is 16.6. The Kier molecular flexibility index (Phi) is 6.33. The Morgan fingerprint density at radius 1 is 1.21 bits per heavy atom. The van der Waals surface area contributed by atoms with Crippen molar-refractivity contribution in [3.05, 3.63) is 75.1 Å². The lowest BCUT2D eigenvalue weighted by atomic mass is 9.99. The maximum atomic E-state index is 13.1. The largest absolute Gasteiger partial charge is 0.350 e. The summed E-state index contributed by atoms with van der Waals surface area (Å²) in [5, 5.41) is 14.3. The smallest absolute Gasteiger partial charge is 0.281 e. The molecule has 8 heteroatoms. The third-order valence-corrected chi connectivity index (χ3v) is 5.21. The molecule has 1 aliphatic rings. The number of nitrogens with one attached hydrogen (secondary N) is 1. The first-order valence-corrected chi connectivity index (χ1v) is 9.51. The number of hydrogen-bond acceptors (Lipinski definition) is 5. The van der Waals surface area contributed by atoms with Crippen LogP contribution in [0.4, 0.5) is 10.1 Å². The first-order valence-electron chi connectivity index (χ1n) is 9.51. The molecule has 1 unspecified atom stereocenters. The zero-order chi connectivity index (χ0) is 21.0. The Bertz CT molecular complexity index is 930. The molecular weight excluding hydrogens is 377 g/mol. The van der Waals surface area contributed by atoms with Gasteiger partial charge in [0.15, 0.2) is 5.78 Å². The summed E-state index contributed by atoms with van der Waals surface area (Å²) in [6.07, 6.45) is 2.08. The van der Waals surface area contributed by atoms with E-state index in [1.54, 1.807) is 0 Å². The van der Waals surface area contributed by atoms with E-state index in [1.807, 2.05) is 0 Å². The minimum Gasteiger partial charge on any atom is -0.350 e. The van der Waals surface area contributed by atoms with E-state index in [2.05, 4.69) is 17.1 Å². The number of nitro groups is 1. The predicted molar refractivity (Wildman–Crippen MR) is 106 cm³/mol. The summed E-state index contributed by atoms with van der Waals surface area (Å²) >= 11 is 0. The Morgan fingerprint density at radius 3 is 2.55 bits per heavy atom. The lowest BCUT2D eigenvalue weighted by Gasteiger charge is -2.22. The molecule has 1 aliphatic heterocycles. The number of amides is 1. The third-order valence-electron chi connectivity index (χ3n) is 5.21. The van der Waals surface area contributed by atoms with Gasteiger partial charge in [-0.1, -0.05) is 6.92 Å². The van der Waals surface area contributed by atoms with Gasteiger partial charge in [0.25, 0.3) is 11.6 Å². The molecule has 0 saturated carbocycles. The highest BCUT2D eigenvalue weighted by atomic mass is 19.1. The predicted octanol–water partition coefficient (Wildman–Crippen LogP) is 3.18. The summed E-state index contributed by atoms with van der Waals surface area (Å²) in [5.74, 6) is -1.53. The van der Waals surface area contributed by atoms with Gasteiger partial charge in [-0.3, -0.25) is 24.6 Å². The van der Waals surface area contributed by atoms with Crippen molar-refractivity contribution in [3.63, 3.8) is 0 Å². The highest BCUT2D eigenvalue weighted by molar-refractivity contribution is 6.12.